The molecule has 0 saturated heterocycles. The number of likely N-dealkylation sites (N-methyl/N-ethyl adjacent to an activating group) is 1. The van der Waals surface area contributed by atoms with Gasteiger partial charge in [0.15, 0.2) is 12.4 Å². The Morgan fingerprint density at radius 1 is 0.403 bits per heavy atom. The fourth-order valence-corrected chi connectivity index (χ4v) is 8.25. The van der Waals surface area contributed by atoms with E-state index >= 15 is 0 Å². The molecule has 9 nitrogen and oxygen atoms in total. The lowest BCUT2D eigenvalue weighted by Gasteiger charge is -2.26. The maximum atomic E-state index is 12.9. The molecule has 0 rings (SSSR count). The van der Waals surface area contributed by atoms with Crippen LogP contribution in [0.2, 0.25) is 0 Å². The Kier molecular flexibility index (Phi) is 55.1. The first kappa shape index (κ1) is 73.0. The number of ether oxygens (including phenoxy) is 4. The number of allylic oxidation sites excluding steroid dienone is 18. The van der Waals surface area contributed by atoms with Crippen molar-refractivity contribution in [2.24, 2.45) is 0 Å². The van der Waals surface area contributed by atoms with Gasteiger partial charge in [-0.05, 0) is 103 Å². The molecule has 0 aromatic carbocycles. The second kappa shape index (κ2) is 58.1. The van der Waals surface area contributed by atoms with E-state index in [0.717, 1.165) is 109 Å². The van der Waals surface area contributed by atoms with Crippen molar-refractivity contribution in [2.75, 3.05) is 47.5 Å². The summed E-state index contributed by atoms with van der Waals surface area (Å²) in [5.74, 6) is -2.30. The molecule has 0 saturated carbocycles. The predicted octanol–water partition coefficient (Wildman–Crippen LogP) is 17.3. The summed E-state index contributed by atoms with van der Waals surface area (Å²) in [7, 11) is 5.92. The van der Waals surface area contributed by atoms with Crippen LogP contribution >= 0.6 is 0 Å². The highest BCUT2D eigenvalue weighted by molar-refractivity contribution is 5.70. The SMILES string of the molecule is CC/C=C\C/C=C\C/C=C\C/C=C\C/C=C\C/C=C\C/C=C\CCCCCCCCCCCC(=O)OC(COC(=O)CCCCCCCCCCC/C=C\C/C=C\CCCCCCC)COC(OCC[N+](C)(C)C)C(=O)[O-]. The van der Waals surface area contributed by atoms with Gasteiger partial charge in [-0.2, -0.15) is 0 Å². The van der Waals surface area contributed by atoms with Crippen LogP contribution in [0.4, 0.5) is 0 Å². The van der Waals surface area contributed by atoms with Gasteiger partial charge in [-0.15, -0.1) is 0 Å². The van der Waals surface area contributed by atoms with E-state index < -0.39 is 24.3 Å². The van der Waals surface area contributed by atoms with Gasteiger partial charge in [0.1, 0.15) is 13.2 Å². The summed E-state index contributed by atoms with van der Waals surface area (Å²) in [5, 5.41) is 11.8. The predicted molar refractivity (Wildman–Crippen MR) is 324 cm³/mol. The summed E-state index contributed by atoms with van der Waals surface area (Å²) in [6.07, 6.45) is 77.1. The van der Waals surface area contributed by atoms with Gasteiger partial charge in [0.2, 0.25) is 0 Å². The second-order valence-electron chi connectivity index (χ2n) is 21.6. The van der Waals surface area contributed by atoms with Crippen molar-refractivity contribution in [3.63, 3.8) is 0 Å². The lowest BCUT2D eigenvalue weighted by atomic mass is 10.1. The summed E-state index contributed by atoms with van der Waals surface area (Å²) in [6, 6.07) is 0. The Hall–Kier alpha value is -4.05. The zero-order valence-electron chi connectivity index (χ0n) is 50.0. The highest BCUT2D eigenvalue weighted by atomic mass is 16.7. The fraction of sp³-hybridized carbons (Fsp3) is 0.691. The molecular weight excluding hydrogens is 959 g/mol. The molecule has 0 fully saturated rings. The quantitative estimate of drug-likeness (QED) is 0.0195. The maximum absolute atomic E-state index is 12.9. The molecule has 0 aromatic heterocycles. The van der Waals surface area contributed by atoms with Gasteiger partial charge < -0.3 is 33.3 Å². The van der Waals surface area contributed by atoms with Crippen LogP contribution in [-0.2, 0) is 33.3 Å². The number of esters is 2. The third kappa shape index (κ3) is 59.5. The lowest BCUT2D eigenvalue weighted by molar-refractivity contribution is -0.870. The zero-order valence-corrected chi connectivity index (χ0v) is 50.0. The lowest BCUT2D eigenvalue weighted by Crippen LogP contribution is -2.44. The molecule has 0 radical (unpaired) electrons. The van der Waals surface area contributed by atoms with Crippen molar-refractivity contribution >= 4 is 17.9 Å². The Balaban J connectivity index is 4.25. The molecule has 440 valence electrons. The number of carboxylic acids is 1. The molecule has 9 heteroatoms. The smallest absolute Gasteiger partial charge is 0.306 e. The van der Waals surface area contributed by atoms with Crippen LogP contribution in [0.15, 0.2) is 109 Å². The molecule has 0 aliphatic heterocycles. The maximum Gasteiger partial charge on any atom is 0.306 e. The highest BCUT2D eigenvalue weighted by Gasteiger charge is 2.22. The number of hydrogen-bond donors (Lipinski definition) is 0. The molecule has 0 bridgehead atoms. The average Bonchev–Trinajstić information content (AvgIpc) is 3.40. The summed E-state index contributed by atoms with van der Waals surface area (Å²) < 4.78 is 22.7. The normalized spacial score (nSPS) is 13.5. The van der Waals surface area contributed by atoms with E-state index in [2.05, 4.69) is 123 Å². The minimum Gasteiger partial charge on any atom is -0.545 e. The van der Waals surface area contributed by atoms with E-state index in [-0.39, 0.29) is 38.6 Å². The molecule has 0 aliphatic rings. The summed E-state index contributed by atoms with van der Waals surface area (Å²) in [4.78, 5) is 37.4. The Morgan fingerprint density at radius 2 is 0.740 bits per heavy atom. The number of aliphatic carboxylic acids is 1. The number of carbonyl (C=O) groups is 3. The van der Waals surface area contributed by atoms with Gasteiger partial charge >= 0.3 is 11.9 Å². The van der Waals surface area contributed by atoms with Gasteiger partial charge in [-0.3, -0.25) is 9.59 Å². The highest BCUT2D eigenvalue weighted by Crippen LogP contribution is 2.15. The van der Waals surface area contributed by atoms with Crippen molar-refractivity contribution in [2.45, 2.75) is 257 Å². The molecular formula is C68H115NO8. The Bertz CT molecular complexity index is 1630. The molecule has 2 atom stereocenters. The number of hydrogen-bond acceptors (Lipinski definition) is 8. The topological polar surface area (TPSA) is 111 Å². The molecule has 0 amide bonds. The Morgan fingerprint density at radius 3 is 1.10 bits per heavy atom. The standard InChI is InChI=1S/C68H115NO8/c1-6-8-10-12-14-16-18-20-22-24-26-28-29-30-31-32-33-34-35-36-37-39-41-43-45-47-49-51-53-55-57-59-66(71)77-64(63-76-68(67(72)73)74-61-60-69(3,4)5)62-75-65(70)58-56-54-52-50-48-46-44-42-40-38-27-25-23-21-19-17-15-13-11-9-7-2/h8,10,14,16,19-22,25-28,30-31,33-34,36-37,64,68H,6-7,9,11-13,15,17-18,23-24,29,32,35,38-63H2,1-5H3/b10-8-,16-14-,21-19-,22-20-,27-25-,28-26-,31-30-,34-33-,37-36-. The van der Waals surface area contributed by atoms with Gasteiger partial charge in [0.05, 0.1) is 40.3 Å². The van der Waals surface area contributed by atoms with Crippen LogP contribution in [-0.4, -0.2) is 82.3 Å². The monoisotopic (exact) mass is 1070 g/mol. The minimum atomic E-state index is -1.63. The number of quaternary nitrogens is 1. The first-order valence-corrected chi connectivity index (χ1v) is 31.0. The van der Waals surface area contributed by atoms with Gasteiger partial charge in [0, 0.05) is 12.8 Å². The Labute approximate surface area is 473 Å². The minimum absolute atomic E-state index is 0.141. The van der Waals surface area contributed by atoms with Crippen LogP contribution in [0.3, 0.4) is 0 Å². The van der Waals surface area contributed by atoms with Crippen molar-refractivity contribution in [3.8, 4) is 0 Å². The van der Waals surface area contributed by atoms with Gasteiger partial charge in [-0.1, -0.05) is 239 Å². The van der Waals surface area contributed by atoms with E-state index in [4.69, 9.17) is 18.9 Å². The van der Waals surface area contributed by atoms with E-state index in [9.17, 15) is 19.5 Å². The number of nitrogens with zero attached hydrogens (tertiary/aromatic N) is 1. The van der Waals surface area contributed by atoms with E-state index in [0.29, 0.717) is 17.4 Å². The third-order valence-corrected chi connectivity index (χ3v) is 13.0. The second-order valence-corrected chi connectivity index (χ2v) is 21.6. The van der Waals surface area contributed by atoms with Crippen molar-refractivity contribution in [3.05, 3.63) is 109 Å². The van der Waals surface area contributed by atoms with Gasteiger partial charge in [-0.25, -0.2) is 0 Å². The van der Waals surface area contributed by atoms with Gasteiger partial charge in [0.25, 0.3) is 0 Å². The summed E-state index contributed by atoms with van der Waals surface area (Å²) in [5.41, 5.74) is 0. The number of unbranched alkanes of at least 4 members (excludes halogenated alkanes) is 23. The van der Waals surface area contributed by atoms with E-state index in [1.165, 1.54) is 103 Å². The van der Waals surface area contributed by atoms with Crippen LogP contribution in [0.25, 0.3) is 0 Å². The van der Waals surface area contributed by atoms with Crippen molar-refractivity contribution in [1.82, 2.24) is 0 Å². The largest absolute Gasteiger partial charge is 0.545 e. The molecule has 0 N–H and O–H groups in total. The van der Waals surface area contributed by atoms with E-state index in [1.54, 1.807) is 0 Å². The van der Waals surface area contributed by atoms with Crippen LogP contribution < -0.4 is 5.11 Å². The number of carbonyl (C=O) groups excluding carboxylic acids is 3. The van der Waals surface area contributed by atoms with Crippen LogP contribution in [0.1, 0.15) is 245 Å². The van der Waals surface area contributed by atoms with E-state index in [1.807, 2.05) is 21.1 Å². The zero-order chi connectivity index (χ0) is 56.2. The molecule has 0 heterocycles. The van der Waals surface area contributed by atoms with Crippen molar-refractivity contribution in [1.29, 1.82) is 0 Å². The van der Waals surface area contributed by atoms with Crippen LogP contribution in [0, 0.1) is 0 Å². The summed E-state index contributed by atoms with van der Waals surface area (Å²) >= 11 is 0. The summed E-state index contributed by atoms with van der Waals surface area (Å²) in [6.45, 7) is 4.61. The fourth-order valence-electron chi connectivity index (χ4n) is 8.25. The van der Waals surface area contributed by atoms with Crippen LogP contribution in [0.5, 0.6) is 0 Å². The molecule has 0 spiro atoms. The molecule has 0 aliphatic carbocycles. The molecule has 77 heavy (non-hydrogen) atoms. The molecule has 0 aromatic rings. The third-order valence-electron chi connectivity index (χ3n) is 13.0. The van der Waals surface area contributed by atoms with Crippen molar-refractivity contribution < 1.29 is 42.9 Å². The molecule has 2 unspecified atom stereocenters. The number of rotatable bonds is 56. The first-order chi connectivity index (χ1) is 37.6. The average molecular weight is 1070 g/mol. The first-order valence-electron chi connectivity index (χ1n) is 31.0. The number of carboxylic acid groups (broad SMARTS) is 1.